The van der Waals surface area contributed by atoms with E-state index in [1.165, 1.54) is 5.56 Å². The fourth-order valence-corrected chi connectivity index (χ4v) is 3.98. The van der Waals surface area contributed by atoms with Gasteiger partial charge in [0, 0.05) is 25.4 Å². The van der Waals surface area contributed by atoms with Crippen molar-refractivity contribution in [1.82, 2.24) is 4.90 Å². The van der Waals surface area contributed by atoms with Gasteiger partial charge in [-0.05, 0) is 41.7 Å². The number of aryl methyl sites for hydroxylation is 1. The minimum absolute atomic E-state index is 0.0485. The van der Waals surface area contributed by atoms with Crippen LogP contribution in [0.1, 0.15) is 42.5 Å². The van der Waals surface area contributed by atoms with Crippen molar-refractivity contribution in [2.75, 3.05) is 11.4 Å². The van der Waals surface area contributed by atoms with E-state index in [1.807, 2.05) is 53.4 Å². The molecule has 0 N–H and O–H groups in total. The van der Waals surface area contributed by atoms with Crippen molar-refractivity contribution in [3.05, 3.63) is 71.4 Å². The number of carbonyl (C=O) groups excluding carboxylic acids is 2. The van der Waals surface area contributed by atoms with Crippen LogP contribution in [0.3, 0.4) is 0 Å². The third kappa shape index (κ3) is 2.92. The van der Waals surface area contributed by atoms with E-state index in [-0.39, 0.29) is 24.3 Å². The lowest BCUT2D eigenvalue weighted by Crippen LogP contribution is -2.39. The summed E-state index contributed by atoms with van der Waals surface area (Å²) in [5, 5.41) is 0. The first-order valence-corrected chi connectivity index (χ1v) is 9.09. The van der Waals surface area contributed by atoms with Gasteiger partial charge in [0.15, 0.2) is 0 Å². The monoisotopic (exact) mass is 346 g/mol. The minimum Gasteiger partial charge on any atom is -0.312 e. The molecule has 4 nitrogen and oxygen atoms in total. The first kappa shape index (κ1) is 16.6. The van der Waals surface area contributed by atoms with Gasteiger partial charge in [-0.25, -0.2) is 0 Å². The van der Waals surface area contributed by atoms with Gasteiger partial charge in [-0.15, -0.1) is 0 Å². The van der Waals surface area contributed by atoms with Gasteiger partial charge in [-0.2, -0.15) is 0 Å². The van der Waals surface area contributed by atoms with Gasteiger partial charge in [0.05, 0.1) is 12.5 Å². The van der Waals surface area contributed by atoms with Crippen LogP contribution in [0.2, 0.25) is 0 Å². The Balaban J connectivity index is 1.64. The highest BCUT2D eigenvalue weighted by molar-refractivity contribution is 5.95. The van der Waals surface area contributed by atoms with Crippen molar-refractivity contribution in [1.29, 1.82) is 0 Å². The number of hydrogen-bond acceptors (Lipinski definition) is 2. The molecule has 2 aliphatic rings. The fraction of sp³-hybridized carbons (Fsp3) is 0.273. The normalized spacial score (nSPS) is 18.3. The molecule has 2 aromatic rings. The van der Waals surface area contributed by atoms with Gasteiger partial charge in [0.2, 0.25) is 11.8 Å². The summed E-state index contributed by atoms with van der Waals surface area (Å²) in [6.45, 7) is 2.28. The fourth-order valence-electron chi connectivity index (χ4n) is 3.98. The maximum Gasteiger partial charge on any atom is 0.229 e. The maximum atomic E-state index is 13.2. The predicted molar refractivity (Wildman–Crippen MR) is 102 cm³/mol. The number of anilines is 1. The minimum atomic E-state index is -0.254. The summed E-state index contributed by atoms with van der Waals surface area (Å²) >= 11 is 0. The number of nitrogens with zero attached hydrogens (tertiary/aromatic N) is 2. The van der Waals surface area contributed by atoms with Gasteiger partial charge in [-0.3, -0.25) is 9.59 Å². The van der Waals surface area contributed by atoms with Gasteiger partial charge in [0.1, 0.15) is 0 Å². The SMILES string of the molecule is CC(=O)N1C=Cc2ccccc2C1CC(=O)N1CCCc2ccccc21. The van der Waals surface area contributed by atoms with Crippen LogP contribution in [-0.2, 0) is 16.0 Å². The Morgan fingerprint density at radius 2 is 1.85 bits per heavy atom. The van der Waals surface area contributed by atoms with E-state index < -0.39 is 0 Å². The van der Waals surface area contributed by atoms with Crippen molar-refractivity contribution < 1.29 is 9.59 Å². The van der Waals surface area contributed by atoms with Crippen molar-refractivity contribution in [3.8, 4) is 0 Å². The van der Waals surface area contributed by atoms with E-state index in [4.69, 9.17) is 0 Å². The first-order chi connectivity index (χ1) is 12.6. The van der Waals surface area contributed by atoms with E-state index >= 15 is 0 Å². The summed E-state index contributed by atoms with van der Waals surface area (Å²) in [6.07, 6.45) is 6.00. The number of fused-ring (bicyclic) bond motifs is 2. The second-order valence-corrected chi connectivity index (χ2v) is 6.87. The summed E-state index contributed by atoms with van der Waals surface area (Å²) in [4.78, 5) is 28.9. The van der Waals surface area contributed by atoms with Crippen molar-refractivity contribution in [3.63, 3.8) is 0 Å². The average Bonchev–Trinajstić information content (AvgIpc) is 2.67. The molecule has 0 spiro atoms. The predicted octanol–water partition coefficient (Wildman–Crippen LogP) is 3.93. The van der Waals surface area contributed by atoms with Crippen LogP contribution in [-0.4, -0.2) is 23.3 Å². The Labute approximate surface area is 153 Å². The van der Waals surface area contributed by atoms with Gasteiger partial charge in [-0.1, -0.05) is 42.5 Å². The quantitative estimate of drug-likeness (QED) is 0.827. The van der Waals surface area contributed by atoms with Crippen LogP contribution >= 0.6 is 0 Å². The summed E-state index contributed by atoms with van der Waals surface area (Å²) in [6, 6.07) is 15.8. The Morgan fingerprint density at radius 3 is 2.69 bits per heavy atom. The summed E-state index contributed by atoms with van der Waals surface area (Å²) in [5.41, 5.74) is 4.34. The Bertz CT molecular complexity index is 887. The van der Waals surface area contributed by atoms with Crippen LogP contribution in [0.4, 0.5) is 5.69 Å². The number of amides is 2. The molecule has 4 heteroatoms. The molecule has 1 unspecified atom stereocenters. The molecule has 0 aromatic heterocycles. The number of benzene rings is 2. The van der Waals surface area contributed by atoms with Gasteiger partial charge < -0.3 is 9.80 Å². The Kier molecular flexibility index (Phi) is 4.33. The van der Waals surface area contributed by atoms with Gasteiger partial charge >= 0.3 is 0 Å². The van der Waals surface area contributed by atoms with E-state index in [9.17, 15) is 9.59 Å². The zero-order valence-corrected chi connectivity index (χ0v) is 14.9. The van der Waals surface area contributed by atoms with Crippen LogP contribution < -0.4 is 4.90 Å². The number of carbonyl (C=O) groups is 2. The molecular formula is C22H22N2O2. The number of rotatable bonds is 2. The summed E-state index contributed by atoms with van der Waals surface area (Å²) in [7, 11) is 0. The molecule has 26 heavy (non-hydrogen) atoms. The Hall–Kier alpha value is -2.88. The Morgan fingerprint density at radius 1 is 1.08 bits per heavy atom. The van der Waals surface area contributed by atoms with E-state index in [2.05, 4.69) is 6.07 Å². The molecule has 2 amide bonds. The molecular weight excluding hydrogens is 324 g/mol. The molecule has 0 radical (unpaired) electrons. The lowest BCUT2D eigenvalue weighted by molar-refractivity contribution is -0.129. The van der Waals surface area contributed by atoms with Crippen molar-refractivity contribution >= 4 is 23.6 Å². The second-order valence-electron chi connectivity index (χ2n) is 6.87. The van der Waals surface area contributed by atoms with Crippen molar-refractivity contribution in [2.45, 2.75) is 32.2 Å². The number of hydrogen-bond donors (Lipinski definition) is 0. The van der Waals surface area contributed by atoms with Crippen LogP contribution in [0.5, 0.6) is 0 Å². The lowest BCUT2D eigenvalue weighted by Gasteiger charge is -2.35. The van der Waals surface area contributed by atoms with Crippen molar-refractivity contribution in [2.24, 2.45) is 0 Å². The van der Waals surface area contributed by atoms with Crippen LogP contribution in [0.25, 0.3) is 6.08 Å². The molecule has 0 aliphatic carbocycles. The zero-order valence-electron chi connectivity index (χ0n) is 14.9. The summed E-state index contributed by atoms with van der Waals surface area (Å²) in [5.74, 6) is 0.0195. The molecule has 132 valence electrons. The maximum absolute atomic E-state index is 13.2. The number of para-hydroxylation sites is 1. The molecule has 0 saturated carbocycles. The molecule has 0 bridgehead atoms. The highest BCUT2D eigenvalue weighted by Crippen LogP contribution is 2.35. The van der Waals surface area contributed by atoms with E-state index in [0.29, 0.717) is 0 Å². The second kappa shape index (κ2) is 6.79. The highest BCUT2D eigenvalue weighted by atomic mass is 16.2. The molecule has 0 saturated heterocycles. The van der Waals surface area contributed by atoms with Crippen LogP contribution in [0, 0.1) is 0 Å². The highest BCUT2D eigenvalue weighted by Gasteiger charge is 2.31. The summed E-state index contributed by atoms with van der Waals surface area (Å²) < 4.78 is 0. The third-order valence-electron chi connectivity index (χ3n) is 5.25. The molecule has 2 aliphatic heterocycles. The molecule has 1 atom stereocenters. The third-order valence-corrected chi connectivity index (χ3v) is 5.25. The van der Waals surface area contributed by atoms with Gasteiger partial charge in [0.25, 0.3) is 0 Å². The van der Waals surface area contributed by atoms with E-state index in [1.54, 1.807) is 18.0 Å². The van der Waals surface area contributed by atoms with Crippen LogP contribution in [0.15, 0.2) is 54.7 Å². The smallest absolute Gasteiger partial charge is 0.229 e. The van der Waals surface area contributed by atoms with E-state index in [0.717, 1.165) is 36.2 Å². The zero-order chi connectivity index (χ0) is 18.1. The molecule has 0 fully saturated rings. The average molecular weight is 346 g/mol. The molecule has 2 heterocycles. The molecule has 2 aromatic carbocycles. The largest absolute Gasteiger partial charge is 0.312 e. The topological polar surface area (TPSA) is 40.6 Å². The molecule has 4 rings (SSSR count). The standard InChI is InChI=1S/C22H22N2O2/c1-16(25)23-14-12-17-7-2-4-10-19(17)21(23)15-22(26)24-13-6-9-18-8-3-5-11-20(18)24/h2-5,7-8,10-12,14,21H,6,9,13,15H2,1H3. The lowest BCUT2D eigenvalue weighted by atomic mass is 9.92. The first-order valence-electron chi connectivity index (χ1n) is 9.09.